The third-order valence-electron chi connectivity index (χ3n) is 4.47. The van der Waals surface area contributed by atoms with Gasteiger partial charge in [-0.3, -0.25) is 14.9 Å². The van der Waals surface area contributed by atoms with Crippen LogP contribution in [0.15, 0.2) is 24.3 Å². The Morgan fingerprint density at radius 3 is 2.54 bits per heavy atom. The van der Waals surface area contributed by atoms with Crippen molar-refractivity contribution in [3.8, 4) is 5.75 Å². The van der Waals surface area contributed by atoms with Crippen LogP contribution in [0, 0.1) is 0 Å². The molecule has 144 valence electrons. The van der Waals surface area contributed by atoms with E-state index in [1.54, 1.807) is 17.1 Å². The topological polar surface area (TPSA) is 71.0 Å². The van der Waals surface area contributed by atoms with Crippen molar-refractivity contribution >= 4 is 34.7 Å². The zero-order chi connectivity index (χ0) is 18.9. The normalized spacial score (nSPS) is 14.7. The molecule has 1 aromatic rings. The smallest absolute Gasteiger partial charge is 0.185 e. The lowest BCUT2D eigenvalue weighted by molar-refractivity contribution is 0.156. The summed E-state index contributed by atoms with van der Waals surface area (Å²) in [6.07, 6.45) is 4.71. The highest BCUT2D eigenvalue weighted by atomic mass is 32.1. The molecule has 26 heavy (non-hydrogen) atoms. The SMILES string of the molecule is CN(C(N)=S)N(CCCOc1cccc(CN2CCCCC2)c1)C(N)=S. The molecule has 1 heterocycles. The molecule has 0 unspecified atom stereocenters. The van der Waals surface area contributed by atoms with E-state index in [0.29, 0.717) is 13.2 Å². The van der Waals surface area contributed by atoms with Crippen LogP contribution in [0.5, 0.6) is 5.75 Å². The van der Waals surface area contributed by atoms with Gasteiger partial charge in [-0.05, 0) is 68.1 Å². The van der Waals surface area contributed by atoms with E-state index in [1.807, 2.05) is 6.07 Å². The molecule has 0 bridgehead atoms. The van der Waals surface area contributed by atoms with Gasteiger partial charge >= 0.3 is 0 Å². The third-order valence-corrected chi connectivity index (χ3v) is 4.95. The van der Waals surface area contributed by atoms with Gasteiger partial charge < -0.3 is 16.2 Å². The van der Waals surface area contributed by atoms with Crippen LogP contribution in [0.1, 0.15) is 31.2 Å². The summed E-state index contributed by atoms with van der Waals surface area (Å²) in [5.74, 6) is 0.893. The minimum Gasteiger partial charge on any atom is -0.494 e. The molecule has 0 radical (unpaired) electrons. The van der Waals surface area contributed by atoms with Gasteiger partial charge in [-0.2, -0.15) is 0 Å². The van der Waals surface area contributed by atoms with E-state index in [-0.39, 0.29) is 10.2 Å². The van der Waals surface area contributed by atoms with E-state index in [0.717, 1.165) is 18.7 Å². The summed E-state index contributed by atoms with van der Waals surface area (Å²) in [5.41, 5.74) is 12.7. The zero-order valence-corrected chi connectivity index (χ0v) is 17.0. The highest BCUT2D eigenvalue weighted by Gasteiger charge is 2.14. The lowest BCUT2D eigenvalue weighted by atomic mass is 10.1. The van der Waals surface area contributed by atoms with Gasteiger partial charge in [-0.25, -0.2) is 0 Å². The van der Waals surface area contributed by atoms with Crippen LogP contribution in [0.25, 0.3) is 0 Å². The molecule has 4 N–H and O–H groups in total. The molecule has 6 nitrogen and oxygen atoms in total. The van der Waals surface area contributed by atoms with Crippen molar-refractivity contribution in [1.82, 2.24) is 14.9 Å². The predicted molar refractivity (Wildman–Crippen MR) is 114 cm³/mol. The molecule has 1 saturated heterocycles. The Morgan fingerprint density at radius 2 is 1.88 bits per heavy atom. The highest BCUT2D eigenvalue weighted by molar-refractivity contribution is 7.80. The Hall–Kier alpha value is -1.64. The number of ether oxygens (including phenoxy) is 1. The second-order valence-corrected chi connectivity index (χ2v) is 7.35. The number of nitrogens with two attached hydrogens (primary N) is 2. The van der Waals surface area contributed by atoms with Crippen molar-refractivity contribution in [2.45, 2.75) is 32.2 Å². The van der Waals surface area contributed by atoms with E-state index in [4.69, 9.17) is 40.6 Å². The van der Waals surface area contributed by atoms with E-state index in [1.165, 1.54) is 37.9 Å². The number of hydrazine groups is 1. The summed E-state index contributed by atoms with van der Waals surface area (Å²) in [5, 5.41) is 3.72. The minimum absolute atomic E-state index is 0.226. The lowest BCUT2D eigenvalue weighted by Gasteiger charge is -2.32. The van der Waals surface area contributed by atoms with Gasteiger partial charge in [0, 0.05) is 26.6 Å². The molecule has 0 spiro atoms. The number of likely N-dealkylation sites (tertiary alicyclic amines) is 1. The molecule has 0 aliphatic carbocycles. The van der Waals surface area contributed by atoms with E-state index in [9.17, 15) is 0 Å². The first kappa shape index (κ1) is 20.7. The molecular formula is C18H29N5OS2. The van der Waals surface area contributed by atoms with Crippen molar-refractivity contribution in [3.63, 3.8) is 0 Å². The molecule has 0 amide bonds. The van der Waals surface area contributed by atoms with Crippen molar-refractivity contribution in [3.05, 3.63) is 29.8 Å². The average Bonchev–Trinajstić information content (AvgIpc) is 2.62. The molecule has 1 fully saturated rings. The summed E-state index contributed by atoms with van der Waals surface area (Å²) in [6.45, 7) is 4.53. The molecule has 1 aliphatic rings. The predicted octanol–water partition coefficient (Wildman–Crippen LogP) is 2.08. The van der Waals surface area contributed by atoms with Crippen LogP contribution in [0.4, 0.5) is 0 Å². The largest absolute Gasteiger partial charge is 0.494 e. The summed E-state index contributed by atoms with van der Waals surface area (Å²) in [6, 6.07) is 8.33. The van der Waals surface area contributed by atoms with Crippen LogP contribution >= 0.6 is 24.4 Å². The van der Waals surface area contributed by atoms with Gasteiger partial charge in [-0.15, -0.1) is 0 Å². The highest BCUT2D eigenvalue weighted by Crippen LogP contribution is 2.17. The average molecular weight is 396 g/mol. The van der Waals surface area contributed by atoms with E-state index in [2.05, 4.69) is 23.1 Å². The molecule has 8 heteroatoms. The Morgan fingerprint density at radius 1 is 1.15 bits per heavy atom. The molecular weight excluding hydrogens is 366 g/mol. The number of thiocarbonyl (C=S) groups is 2. The number of nitrogens with zero attached hydrogens (tertiary/aromatic N) is 3. The zero-order valence-electron chi connectivity index (χ0n) is 15.4. The third kappa shape index (κ3) is 6.59. The van der Waals surface area contributed by atoms with Crippen LogP contribution in [0.3, 0.4) is 0 Å². The summed E-state index contributed by atoms with van der Waals surface area (Å²) in [7, 11) is 1.74. The monoisotopic (exact) mass is 395 g/mol. The first-order valence-electron chi connectivity index (χ1n) is 9.01. The number of hydrogen-bond acceptors (Lipinski definition) is 4. The van der Waals surface area contributed by atoms with Gasteiger partial charge in [0.1, 0.15) is 5.75 Å². The van der Waals surface area contributed by atoms with Crippen LogP contribution in [-0.2, 0) is 6.54 Å². The Labute approximate surface area is 167 Å². The van der Waals surface area contributed by atoms with Gasteiger partial charge in [-0.1, -0.05) is 18.6 Å². The molecule has 1 aliphatic heterocycles. The lowest BCUT2D eigenvalue weighted by Crippen LogP contribution is -2.52. The molecule has 1 aromatic carbocycles. The number of rotatable bonds is 7. The Kier molecular flexibility index (Phi) is 8.34. The van der Waals surface area contributed by atoms with Crippen molar-refractivity contribution in [1.29, 1.82) is 0 Å². The van der Waals surface area contributed by atoms with Gasteiger partial charge in [0.05, 0.1) is 6.61 Å². The second-order valence-electron chi connectivity index (χ2n) is 6.51. The summed E-state index contributed by atoms with van der Waals surface area (Å²) in [4.78, 5) is 2.51. The maximum absolute atomic E-state index is 5.89. The van der Waals surface area contributed by atoms with Crippen LogP contribution < -0.4 is 16.2 Å². The minimum atomic E-state index is 0.226. The summed E-state index contributed by atoms with van der Waals surface area (Å²) >= 11 is 10.0. The molecule has 2 rings (SSSR count). The standard InChI is InChI=1S/C18H29N5OS2/c1-21(17(19)25)23(18(20)26)11-6-12-24-16-8-5-7-15(13-16)14-22-9-3-2-4-10-22/h5,7-8,13H,2-4,6,9-12,14H2,1H3,(H2,19,25)(H2,20,26). The van der Waals surface area contributed by atoms with Gasteiger partial charge in [0.2, 0.25) is 0 Å². The van der Waals surface area contributed by atoms with Crippen LogP contribution in [-0.4, -0.2) is 58.4 Å². The maximum Gasteiger partial charge on any atom is 0.185 e. The van der Waals surface area contributed by atoms with Crippen molar-refractivity contribution in [2.75, 3.05) is 33.3 Å². The maximum atomic E-state index is 5.89. The number of hydrogen-bond donors (Lipinski definition) is 2. The fourth-order valence-electron chi connectivity index (χ4n) is 3.04. The number of piperidine rings is 1. The fourth-order valence-corrected chi connectivity index (χ4v) is 3.35. The first-order valence-corrected chi connectivity index (χ1v) is 9.83. The Bertz CT molecular complexity index is 607. The van der Waals surface area contributed by atoms with Crippen molar-refractivity contribution < 1.29 is 4.74 Å². The molecule has 0 atom stereocenters. The van der Waals surface area contributed by atoms with Crippen LogP contribution in [0.2, 0.25) is 0 Å². The molecule has 0 saturated carbocycles. The summed E-state index contributed by atoms with van der Waals surface area (Å²) < 4.78 is 5.89. The van der Waals surface area contributed by atoms with Crippen molar-refractivity contribution in [2.24, 2.45) is 11.5 Å². The van der Waals surface area contributed by atoms with E-state index >= 15 is 0 Å². The number of benzene rings is 1. The van der Waals surface area contributed by atoms with E-state index < -0.39 is 0 Å². The van der Waals surface area contributed by atoms with Gasteiger partial charge in [0.15, 0.2) is 10.2 Å². The Balaban J connectivity index is 1.79. The first-order chi connectivity index (χ1) is 12.5. The second kappa shape index (κ2) is 10.5. The van der Waals surface area contributed by atoms with Gasteiger partial charge in [0.25, 0.3) is 0 Å². The molecule has 0 aromatic heterocycles. The fraction of sp³-hybridized carbons (Fsp3) is 0.556. The quantitative estimate of drug-likeness (QED) is 0.413.